The second kappa shape index (κ2) is 7.50. The number of fused-ring (bicyclic) bond motifs is 1. The van der Waals surface area contributed by atoms with E-state index in [1.54, 1.807) is 0 Å². The minimum Gasteiger partial charge on any atom is -0.353 e. The standard InChI is InChI=1S/C21H18ClN5OS/c22-15-5-3-4-14(12-15)16-13-29-19-18(16)24-21(25-20(19)28)27-10-8-26(9-11-27)17-6-1-2-7-23-17/h1-7,12-13H,8-11H2,(H,24,25,28). The number of anilines is 2. The van der Waals surface area contributed by atoms with Gasteiger partial charge in [0.15, 0.2) is 0 Å². The summed E-state index contributed by atoms with van der Waals surface area (Å²) < 4.78 is 0.635. The summed E-state index contributed by atoms with van der Waals surface area (Å²) in [7, 11) is 0. The summed E-state index contributed by atoms with van der Waals surface area (Å²) in [5.41, 5.74) is 2.53. The number of aromatic nitrogens is 3. The molecular weight excluding hydrogens is 406 g/mol. The first-order chi connectivity index (χ1) is 14.2. The molecule has 4 aromatic rings. The lowest BCUT2D eigenvalue weighted by atomic mass is 10.1. The Labute approximate surface area is 176 Å². The number of H-pyrrole nitrogens is 1. The Morgan fingerprint density at radius 3 is 2.62 bits per heavy atom. The van der Waals surface area contributed by atoms with Crippen LogP contribution in [0.2, 0.25) is 5.02 Å². The van der Waals surface area contributed by atoms with Gasteiger partial charge in [0.05, 0.1) is 5.52 Å². The fourth-order valence-electron chi connectivity index (χ4n) is 3.61. The Kier molecular flexibility index (Phi) is 4.69. The van der Waals surface area contributed by atoms with Crippen molar-refractivity contribution in [2.24, 2.45) is 0 Å². The van der Waals surface area contributed by atoms with E-state index >= 15 is 0 Å². The summed E-state index contributed by atoms with van der Waals surface area (Å²) in [4.78, 5) is 29.3. The molecule has 8 heteroatoms. The zero-order valence-corrected chi connectivity index (χ0v) is 17.1. The van der Waals surface area contributed by atoms with Crippen molar-refractivity contribution >= 4 is 44.9 Å². The van der Waals surface area contributed by atoms with Crippen LogP contribution in [-0.2, 0) is 0 Å². The highest BCUT2D eigenvalue weighted by Crippen LogP contribution is 2.33. The quantitative estimate of drug-likeness (QED) is 0.539. The monoisotopic (exact) mass is 423 g/mol. The lowest BCUT2D eigenvalue weighted by Crippen LogP contribution is -2.47. The predicted molar refractivity (Wildman–Crippen MR) is 119 cm³/mol. The third-order valence-corrected chi connectivity index (χ3v) is 6.31. The van der Waals surface area contributed by atoms with Crippen LogP contribution >= 0.6 is 22.9 Å². The van der Waals surface area contributed by atoms with Crippen molar-refractivity contribution in [3.63, 3.8) is 0 Å². The summed E-state index contributed by atoms with van der Waals surface area (Å²) in [5, 5.41) is 2.64. The molecular formula is C21H18ClN5OS. The van der Waals surface area contributed by atoms with Crippen molar-refractivity contribution in [3.05, 3.63) is 69.4 Å². The molecule has 0 bridgehead atoms. The topological polar surface area (TPSA) is 65.1 Å². The van der Waals surface area contributed by atoms with Crippen LogP contribution < -0.4 is 15.4 Å². The molecule has 1 N–H and O–H groups in total. The van der Waals surface area contributed by atoms with Crippen LogP contribution in [-0.4, -0.2) is 41.1 Å². The fraction of sp³-hybridized carbons (Fsp3) is 0.190. The van der Waals surface area contributed by atoms with E-state index in [1.165, 1.54) is 11.3 Å². The van der Waals surface area contributed by atoms with Gasteiger partial charge >= 0.3 is 0 Å². The molecule has 3 aromatic heterocycles. The molecule has 0 atom stereocenters. The van der Waals surface area contributed by atoms with Gasteiger partial charge in [-0.1, -0.05) is 29.8 Å². The number of pyridine rings is 1. The maximum absolute atomic E-state index is 12.7. The predicted octanol–water partition coefficient (Wildman–Crippen LogP) is 4.03. The first kappa shape index (κ1) is 18.1. The number of rotatable bonds is 3. The highest BCUT2D eigenvalue weighted by atomic mass is 35.5. The Morgan fingerprint density at radius 2 is 1.86 bits per heavy atom. The summed E-state index contributed by atoms with van der Waals surface area (Å²) >= 11 is 7.57. The molecule has 1 aliphatic rings. The average molecular weight is 424 g/mol. The lowest BCUT2D eigenvalue weighted by Gasteiger charge is -2.35. The minimum absolute atomic E-state index is 0.101. The number of piperazine rings is 1. The fourth-order valence-corrected chi connectivity index (χ4v) is 4.71. The Bertz CT molecular complexity index is 1210. The maximum Gasteiger partial charge on any atom is 0.270 e. The van der Waals surface area contributed by atoms with E-state index in [2.05, 4.69) is 19.8 Å². The number of hydrogen-bond donors (Lipinski definition) is 1. The second-order valence-electron chi connectivity index (χ2n) is 6.89. The smallest absolute Gasteiger partial charge is 0.270 e. The highest BCUT2D eigenvalue weighted by Gasteiger charge is 2.21. The van der Waals surface area contributed by atoms with Gasteiger partial charge in [-0.25, -0.2) is 9.97 Å². The normalized spacial score (nSPS) is 14.5. The zero-order valence-electron chi connectivity index (χ0n) is 15.5. The third-order valence-electron chi connectivity index (χ3n) is 5.10. The Balaban J connectivity index is 1.46. The first-order valence-corrected chi connectivity index (χ1v) is 10.6. The van der Waals surface area contributed by atoms with Crippen LogP contribution in [0.25, 0.3) is 21.3 Å². The van der Waals surface area contributed by atoms with Gasteiger partial charge in [-0.2, -0.15) is 0 Å². The summed E-state index contributed by atoms with van der Waals surface area (Å²) in [6.45, 7) is 3.18. The zero-order chi connectivity index (χ0) is 19.8. The van der Waals surface area contributed by atoms with E-state index in [0.717, 1.165) is 48.6 Å². The van der Waals surface area contributed by atoms with Crippen LogP contribution in [0.5, 0.6) is 0 Å². The summed E-state index contributed by atoms with van der Waals surface area (Å²) in [6.07, 6.45) is 1.81. The van der Waals surface area contributed by atoms with E-state index < -0.39 is 0 Å². The molecule has 0 spiro atoms. The van der Waals surface area contributed by atoms with Crippen molar-refractivity contribution in [1.82, 2.24) is 15.0 Å². The largest absolute Gasteiger partial charge is 0.353 e. The van der Waals surface area contributed by atoms with Crippen molar-refractivity contribution in [2.45, 2.75) is 0 Å². The minimum atomic E-state index is -0.101. The Morgan fingerprint density at radius 1 is 1.03 bits per heavy atom. The molecule has 6 nitrogen and oxygen atoms in total. The Hall–Kier alpha value is -2.90. The van der Waals surface area contributed by atoms with Crippen molar-refractivity contribution < 1.29 is 0 Å². The number of halogens is 1. The van der Waals surface area contributed by atoms with Crippen molar-refractivity contribution in [1.29, 1.82) is 0 Å². The third kappa shape index (κ3) is 3.47. The molecule has 0 amide bonds. The van der Waals surface area contributed by atoms with Gasteiger partial charge in [0.25, 0.3) is 5.56 Å². The van der Waals surface area contributed by atoms with Gasteiger partial charge in [0.1, 0.15) is 10.5 Å². The molecule has 1 aromatic carbocycles. The SMILES string of the molecule is O=c1[nH]c(N2CCN(c3ccccn3)CC2)nc2c(-c3cccc(Cl)c3)csc12. The number of thiophene rings is 1. The summed E-state index contributed by atoms with van der Waals surface area (Å²) in [6, 6.07) is 13.6. The van der Waals surface area contributed by atoms with Gasteiger partial charge in [-0.15, -0.1) is 11.3 Å². The van der Waals surface area contributed by atoms with Gasteiger partial charge in [0.2, 0.25) is 5.95 Å². The van der Waals surface area contributed by atoms with Crippen molar-refractivity contribution in [3.8, 4) is 11.1 Å². The second-order valence-corrected chi connectivity index (χ2v) is 8.21. The van der Waals surface area contributed by atoms with Crippen molar-refractivity contribution in [2.75, 3.05) is 36.0 Å². The van der Waals surface area contributed by atoms with Crippen LogP contribution in [0, 0.1) is 0 Å². The van der Waals surface area contributed by atoms with Crippen LogP contribution in [0.15, 0.2) is 58.8 Å². The number of nitrogens with zero attached hydrogens (tertiary/aromatic N) is 4. The molecule has 1 aliphatic heterocycles. The summed E-state index contributed by atoms with van der Waals surface area (Å²) in [5.74, 6) is 1.59. The molecule has 0 radical (unpaired) electrons. The number of benzene rings is 1. The first-order valence-electron chi connectivity index (χ1n) is 9.37. The average Bonchev–Trinajstić information content (AvgIpc) is 3.19. The molecule has 146 valence electrons. The molecule has 29 heavy (non-hydrogen) atoms. The molecule has 5 rings (SSSR count). The molecule has 0 aliphatic carbocycles. The van der Waals surface area contributed by atoms with E-state index in [-0.39, 0.29) is 5.56 Å². The molecule has 1 fully saturated rings. The number of aromatic amines is 1. The molecule has 0 unspecified atom stereocenters. The molecule has 1 saturated heterocycles. The van der Waals surface area contributed by atoms with Crippen LogP contribution in [0.3, 0.4) is 0 Å². The van der Waals surface area contributed by atoms with Gasteiger partial charge < -0.3 is 9.80 Å². The lowest BCUT2D eigenvalue weighted by molar-refractivity contribution is 0.635. The maximum atomic E-state index is 12.7. The van der Waals surface area contributed by atoms with Gasteiger partial charge in [0, 0.05) is 48.3 Å². The number of nitrogens with one attached hydrogen (secondary N) is 1. The van der Waals surface area contributed by atoms with Gasteiger partial charge in [-0.3, -0.25) is 9.78 Å². The van der Waals surface area contributed by atoms with E-state index in [1.807, 2.05) is 54.0 Å². The van der Waals surface area contributed by atoms with E-state index in [0.29, 0.717) is 15.7 Å². The highest BCUT2D eigenvalue weighted by molar-refractivity contribution is 7.17. The molecule has 0 saturated carbocycles. The van der Waals surface area contributed by atoms with Crippen LogP contribution in [0.4, 0.5) is 11.8 Å². The number of hydrogen-bond acceptors (Lipinski definition) is 6. The van der Waals surface area contributed by atoms with Crippen LogP contribution in [0.1, 0.15) is 0 Å². The van der Waals surface area contributed by atoms with Gasteiger partial charge in [-0.05, 0) is 29.8 Å². The molecule has 4 heterocycles. The van der Waals surface area contributed by atoms with E-state index in [4.69, 9.17) is 16.6 Å². The van der Waals surface area contributed by atoms with E-state index in [9.17, 15) is 4.79 Å².